The summed E-state index contributed by atoms with van der Waals surface area (Å²) in [6.07, 6.45) is 1.03. The highest BCUT2D eigenvalue weighted by atomic mass is 32.2. The number of hydrogen-bond donors (Lipinski definition) is 1. The number of ether oxygens (including phenoxy) is 2. The maximum Gasteiger partial charge on any atom is 0.277 e. The molecule has 0 radical (unpaired) electrons. The highest BCUT2D eigenvalue weighted by molar-refractivity contribution is 7.98. The van der Waals surface area contributed by atoms with E-state index in [1.54, 1.807) is 14.2 Å². The van der Waals surface area contributed by atoms with Gasteiger partial charge in [-0.3, -0.25) is 0 Å². The molecule has 1 aromatic heterocycles. The van der Waals surface area contributed by atoms with Crippen molar-refractivity contribution >= 4 is 11.8 Å². The number of nitrogens with zero attached hydrogens (tertiary/aromatic N) is 2. The molecule has 2 rings (SSSR count). The molecule has 126 valence electrons. The zero-order valence-corrected chi connectivity index (χ0v) is 14.9. The number of hydrogen-bond acceptors (Lipinski definition) is 6. The highest BCUT2D eigenvalue weighted by Gasteiger charge is 2.23. The summed E-state index contributed by atoms with van der Waals surface area (Å²) in [6.45, 7) is 4.27. The predicted octanol–water partition coefficient (Wildman–Crippen LogP) is 2.71. The largest absolute Gasteiger partial charge is 0.493 e. The van der Waals surface area contributed by atoms with Crippen molar-refractivity contribution in [2.45, 2.75) is 37.3 Å². The Kier molecular flexibility index (Phi) is 6.29. The zero-order chi connectivity index (χ0) is 16.8. The molecule has 7 heteroatoms. The SMILES string of the molecule is CC[C@@H](C)[C@H]([NH3+])c1nnc(SCc2ccc(OC)c(OC)c2)o1. The average molecular weight is 338 g/mol. The summed E-state index contributed by atoms with van der Waals surface area (Å²) in [4.78, 5) is 0. The number of quaternary nitrogens is 1. The first-order valence-corrected chi connectivity index (χ1v) is 8.57. The second-order valence-corrected chi connectivity index (χ2v) is 6.30. The van der Waals surface area contributed by atoms with E-state index in [9.17, 15) is 0 Å². The van der Waals surface area contributed by atoms with E-state index in [0.29, 0.717) is 28.5 Å². The third-order valence-electron chi connectivity index (χ3n) is 3.88. The van der Waals surface area contributed by atoms with Gasteiger partial charge < -0.3 is 19.6 Å². The van der Waals surface area contributed by atoms with E-state index in [-0.39, 0.29) is 6.04 Å². The van der Waals surface area contributed by atoms with Crippen LogP contribution in [0.1, 0.15) is 37.8 Å². The standard InChI is InChI=1S/C16H23N3O3S/c1-5-10(2)14(17)15-18-19-16(22-15)23-9-11-6-7-12(20-3)13(8-11)21-4/h6-8,10,14H,5,9,17H2,1-4H3/p+1/t10-,14+/m1/s1. The molecule has 0 aliphatic carbocycles. The Bertz CT molecular complexity index is 633. The van der Waals surface area contributed by atoms with Crippen LogP contribution in [-0.2, 0) is 5.75 Å². The van der Waals surface area contributed by atoms with Gasteiger partial charge in [-0.15, -0.1) is 10.2 Å². The number of methoxy groups -OCH3 is 2. The Morgan fingerprint density at radius 2 is 1.96 bits per heavy atom. The molecule has 0 bridgehead atoms. The van der Waals surface area contributed by atoms with Crippen LogP contribution in [0.4, 0.5) is 0 Å². The minimum Gasteiger partial charge on any atom is -0.493 e. The Morgan fingerprint density at radius 1 is 1.22 bits per heavy atom. The van der Waals surface area contributed by atoms with Crippen LogP contribution in [0.5, 0.6) is 11.5 Å². The fraction of sp³-hybridized carbons (Fsp3) is 0.500. The van der Waals surface area contributed by atoms with E-state index in [4.69, 9.17) is 13.9 Å². The topological polar surface area (TPSA) is 85.0 Å². The van der Waals surface area contributed by atoms with E-state index in [1.807, 2.05) is 18.2 Å². The summed E-state index contributed by atoms with van der Waals surface area (Å²) in [7, 11) is 3.25. The average Bonchev–Trinajstić information content (AvgIpc) is 3.07. The molecule has 2 atom stereocenters. The molecule has 23 heavy (non-hydrogen) atoms. The van der Waals surface area contributed by atoms with E-state index < -0.39 is 0 Å². The molecule has 0 spiro atoms. The van der Waals surface area contributed by atoms with Gasteiger partial charge in [0.05, 0.1) is 14.2 Å². The van der Waals surface area contributed by atoms with Crippen LogP contribution < -0.4 is 15.2 Å². The summed E-state index contributed by atoms with van der Waals surface area (Å²) in [5.74, 6) is 3.17. The van der Waals surface area contributed by atoms with Crippen molar-refractivity contribution in [3.63, 3.8) is 0 Å². The lowest BCUT2D eigenvalue weighted by atomic mass is 10.0. The van der Waals surface area contributed by atoms with Crippen LogP contribution >= 0.6 is 11.8 Å². The number of rotatable bonds is 8. The summed E-state index contributed by atoms with van der Waals surface area (Å²) in [6, 6.07) is 5.87. The first kappa shape index (κ1) is 17.6. The van der Waals surface area contributed by atoms with Gasteiger partial charge in [-0.25, -0.2) is 0 Å². The van der Waals surface area contributed by atoms with Gasteiger partial charge in [0.25, 0.3) is 11.1 Å². The summed E-state index contributed by atoms with van der Waals surface area (Å²) < 4.78 is 16.3. The predicted molar refractivity (Wildman–Crippen MR) is 88.5 cm³/mol. The first-order valence-electron chi connectivity index (χ1n) is 7.59. The van der Waals surface area contributed by atoms with Gasteiger partial charge in [0.1, 0.15) is 0 Å². The molecule has 0 saturated heterocycles. The summed E-state index contributed by atoms with van der Waals surface area (Å²) in [5, 5.41) is 8.77. The molecule has 3 N–H and O–H groups in total. The van der Waals surface area contributed by atoms with Crippen molar-refractivity contribution in [2.75, 3.05) is 14.2 Å². The Labute approximate surface area is 140 Å². The zero-order valence-electron chi connectivity index (χ0n) is 14.0. The van der Waals surface area contributed by atoms with Crippen LogP contribution in [0.3, 0.4) is 0 Å². The van der Waals surface area contributed by atoms with Crippen molar-refractivity contribution in [1.82, 2.24) is 10.2 Å². The van der Waals surface area contributed by atoms with Gasteiger partial charge in [0.15, 0.2) is 17.5 Å². The van der Waals surface area contributed by atoms with Crippen molar-refractivity contribution in [3.8, 4) is 11.5 Å². The van der Waals surface area contributed by atoms with Crippen LogP contribution in [0, 0.1) is 5.92 Å². The molecule has 0 aliphatic rings. The maximum atomic E-state index is 5.71. The Hall–Kier alpha value is -1.73. The van der Waals surface area contributed by atoms with Crippen LogP contribution in [-0.4, -0.2) is 24.4 Å². The van der Waals surface area contributed by atoms with E-state index in [1.165, 1.54) is 11.8 Å². The van der Waals surface area contributed by atoms with Crippen molar-refractivity contribution in [3.05, 3.63) is 29.7 Å². The number of thioether (sulfide) groups is 1. The molecule has 0 amide bonds. The molecule has 6 nitrogen and oxygen atoms in total. The van der Waals surface area contributed by atoms with Crippen LogP contribution in [0.2, 0.25) is 0 Å². The smallest absolute Gasteiger partial charge is 0.277 e. The molecule has 0 fully saturated rings. The molecule has 2 aromatic rings. The Balaban J connectivity index is 2.00. The summed E-state index contributed by atoms with van der Waals surface area (Å²) >= 11 is 1.50. The monoisotopic (exact) mass is 338 g/mol. The lowest BCUT2D eigenvalue weighted by Crippen LogP contribution is -2.56. The second kappa shape index (κ2) is 8.21. The van der Waals surface area contributed by atoms with Gasteiger partial charge in [0, 0.05) is 11.7 Å². The van der Waals surface area contributed by atoms with Gasteiger partial charge >= 0.3 is 0 Å². The molecule has 1 aromatic carbocycles. The van der Waals surface area contributed by atoms with Crippen molar-refractivity contribution in [2.24, 2.45) is 5.92 Å². The minimum absolute atomic E-state index is 0.0305. The van der Waals surface area contributed by atoms with Crippen LogP contribution in [0.25, 0.3) is 0 Å². The molecule has 0 unspecified atom stereocenters. The first-order chi connectivity index (χ1) is 11.1. The van der Waals surface area contributed by atoms with Crippen LogP contribution in [0.15, 0.2) is 27.8 Å². The fourth-order valence-corrected chi connectivity index (χ4v) is 2.78. The molecular weight excluding hydrogens is 314 g/mol. The van der Waals surface area contributed by atoms with Gasteiger partial charge in [-0.2, -0.15) is 0 Å². The van der Waals surface area contributed by atoms with E-state index in [0.717, 1.165) is 17.7 Å². The molecule has 1 heterocycles. The lowest BCUT2D eigenvalue weighted by molar-refractivity contribution is -0.444. The third-order valence-corrected chi connectivity index (χ3v) is 4.77. The van der Waals surface area contributed by atoms with Gasteiger partial charge in [-0.05, 0) is 24.1 Å². The number of benzene rings is 1. The maximum absolute atomic E-state index is 5.71. The van der Waals surface area contributed by atoms with Gasteiger partial charge in [0.2, 0.25) is 0 Å². The quantitative estimate of drug-likeness (QED) is 0.745. The lowest BCUT2D eigenvalue weighted by Gasteiger charge is -2.10. The minimum atomic E-state index is 0.0305. The van der Waals surface area contributed by atoms with E-state index in [2.05, 4.69) is 29.8 Å². The third kappa shape index (κ3) is 4.39. The van der Waals surface area contributed by atoms with Crippen molar-refractivity contribution in [1.29, 1.82) is 0 Å². The van der Waals surface area contributed by atoms with Gasteiger partial charge in [-0.1, -0.05) is 31.7 Å². The van der Waals surface area contributed by atoms with Crippen molar-refractivity contribution < 1.29 is 19.6 Å². The molecule has 0 saturated carbocycles. The second-order valence-electron chi connectivity index (χ2n) is 5.38. The normalized spacial score (nSPS) is 13.6. The summed E-state index contributed by atoms with van der Waals surface area (Å²) in [5.41, 5.74) is 5.21. The Morgan fingerprint density at radius 3 is 2.61 bits per heavy atom. The van der Waals surface area contributed by atoms with E-state index >= 15 is 0 Å². The number of aromatic nitrogens is 2. The molecule has 0 aliphatic heterocycles. The fourth-order valence-electron chi connectivity index (χ4n) is 2.07. The highest BCUT2D eigenvalue weighted by Crippen LogP contribution is 2.31. The molecular formula is C16H24N3O3S+.